The third-order valence-electron chi connectivity index (χ3n) is 1.88. The molecule has 1 rings (SSSR count). The molecule has 2 nitrogen and oxygen atoms in total. The number of carbonyl (C=O) groups is 1. The van der Waals surface area contributed by atoms with Crippen LogP contribution in [0.4, 0.5) is 4.39 Å². The topological polar surface area (TPSA) is 37.3 Å². The van der Waals surface area contributed by atoms with E-state index in [1.54, 1.807) is 26.0 Å². The molecule has 3 heteroatoms. The van der Waals surface area contributed by atoms with Gasteiger partial charge in [0.05, 0.1) is 0 Å². The van der Waals surface area contributed by atoms with Gasteiger partial charge in [-0.05, 0) is 48.7 Å². The molecule has 0 saturated carbocycles. The van der Waals surface area contributed by atoms with Crippen LogP contribution in [0.3, 0.4) is 0 Å². The van der Waals surface area contributed by atoms with Gasteiger partial charge in [0.2, 0.25) is 0 Å². The van der Waals surface area contributed by atoms with Crippen molar-refractivity contribution in [2.45, 2.75) is 13.8 Å². The van der Waals surface area contributed by atoms with E-state index in [0.29, 0.717) is 16.7 Å². The van der Waals surface area contributed by atoms with Crippen molar-refractivity contribution in [2.24, 2.45) is 0 Å². The summed E-state index contributed by atoms with van der Waals surface area (Å²) in [7, 11) is 0. The first-order valence-electron chi connectivity index (χ1n) is 4.18. The minimum Gasteiger partial charge on any atom is -0.478 e. The van der Waals surface area contributed by atoms with Crippen LogP contribution in [0.2, 0.25) is 0 Å². The van der Waals surface area contributed by atoms with Crippen LogP contribution >= 0.6 is 0 Å². The molecule has 0 radical (unpaired) electrons. The number of rotatable bonds is 2. The quantitative estimate of drug-likeness (QED) is 0.734. The summed E-state index contributed by atoms with van der Waals surface area (Å²) in [6.07, 6.45) is 2.48. The highest BCUT2D eigenvalue weighted by molar-refractivity contribution is 5.85. The van der Waals surface area contributed by atoms with Crippen molar-refractivity contribution in [1.82, 2.24) is 0 Å². The molecule has 0 saturated heterocycles. The van der Waals surface area contributed by atoms with Crippen molar-refractivity contribution >= 4 is 12.0 Å². The second-order valence-electron chi connectivity index (χ2n) is 3.14. The lowest BCUT2D eigenvalue weighted by Gasteiger charge is -2.02. The number of halogens is 1. The van der Waals surface area contributed by atoms with Gasteiger partial charge in [-0.2, -0.15) is 0 Å². The number of aliphatic carboxylic acids is 1. The van der Waals surface area contributed by atoms with Crippen molar-refractivity contribution in [3.05, 3.63) is 40.7 Å². The van der Waals surface area contributed by atoms with Gasteiger partial charge >= 0.3 is 5.97 Å². The van der Waals surface area contributed by atoms with Crippen LogP contribution in [0.5, 0.6) is 0 Å². The molecule has 0 atom stereocenters. The van der Waals surface area contributed by atoms with Crippen molar-refractivity contribution in [3.63, 3.8) is 0 Å². The van der Waals surface area contributed by atoms with Crippen molar-refractivity contribution in [3.8, 4) is 0 Å². The van der Waals surface area contributed by atoms with Gasteiger partial charge in [0.15, 0.2) is 0 Å². The van der Waals surface area contributed by atoms with Crippen LogP contribution in [0, 0.1) is 19.7 Å². The lowest BCUT2D eigenvalue weighted by Crippen LogP contribution is -1.90. The Kier molecular flexibility index (Phi) is 3.02. The predicted octanol–water partition coefficient (Wildman–Crippen LogP) is 2.54. The number of hydrogen-bond donors (Lipinski definition) is 1. The smallest absolute Gasteiger partial charge is 0.328 e. The molecule has 0 heterocycles. The zero-order valence-electron chi connectivity index (χ0n) is 8.04. The van der Waals surface area contributed by atoms with E-state index in [1.807, 2.05) is 0 Å². The normalized spacial score (nSPS) is 10.8. The van der Waals surface area contributed by atoms with Crippen LogP contribution in [-0.2, 0) is 4.79 Å². The van der Waals surface area contributed by atoms with Gasteiger partial charge in [0, 0.05) is 6.08 Å². The lowest BCUT2D eigenvalue weighted by atomic mass is 10.1. The standard InChI is InChI=1S/C11H11FO2/c1-7-5-9(3-4-10(13)14)6-8(2)11(7)12/h3-6H,1-2H3,(H,13,14)/b4-3+. The molecular weight excluding hydrogens is 183 g/mol. The van der Waals surface area contributed by atoms with Crippen molar-refractivity contribution < 1.29 is 14.3 Å². The average Bonchev–Trinajstić information content (AvgIpc) is 2.10. The van der Waals surface area contributed by atoms with Crippen LogP contribution in [0.1, 0.15) is 16.7 Å². The van der Waals surface area contributed by atoms with Gasteiger partial charge in [0.1, 0.15) is 5.82 Å². The summed E-state index contributed by atoms with van der Waals surface area (Å²) in [5, 5.41) is 8.41. The third kappa shape index (κ3) is 2.42. The molecule has 0 fully saturated rings. The lowest BCUT2D eigenvalue weighted by molar-refractivity contribution is -0.131. The minimum atomic E-state index is -1.01. The fourth-order valence-electron chi connectivity index (χ4n) is 1.24. The van der Waals surface area contributed by atoms with Gasteiger partial charge in [0.25, 0.3) is 0 Å². The van der Waals surface area contributed by atoms with E-state index in [1.165, 1.54) is 6.08 Å². The molecule has 74 valence electrons. The van der Waals surface area contributed by atoms with E-state index in [-0.39, 0.29) is 5.82 Å². The molecule has 0 spiro atoms. The molecule has 0 aromatic heterocycles. The third-order valence-corrected chi connectivity index (χ3v) is 1.88. The van der Waals surface area contributed by atoms with Gasteiger partial charge in [-0.3, -0.25) is 0 Å². The van der Waals surface area contributed by atoms with Gasteiger partial charge < -0.3 is 5.11 Å². The zero-order chi connectivity index (χ0) is 10.7. The van der Waals surface area contributed by atoms with Crippen molar-refractivity contribution in [1.29, 1.82) is 0 Å². The molecule has 0 bridgehead atoms. The SMILES string of the molecule is Cc1cc(/C=C/C(=O)O)cc(C)c1F. The number of benzene rings is 1. The van der Waals surface area contributed by atoms with E-state index in [2.05, 4.69) is 0 Å². The molecule has 0 aliphatic heterocycles. The number of aryl methyl sites for hydroxylation is 2. The largest absolute Gasteiger partial charge is 0.478 e. The summed E-state index contributed by atoms with van der Waals surface area (Å²) in [5.74, 6) is -1.25. The monoisotopic (exact) mass is 194 g/mol. The molecule has 0 aliphatic carbocycles. The fourth-order valence-corrected chi connectivity index (χ4v) is 1.24. The van der Waals surface area contributed by atoms with E-state index in [4.69, 9.17) is 5.11 Å². The highest BCUT2D eigenvalue weighted by Crippen LogP contribution is 2.15. The average molecular weight is 194 g/mol. The Labute approximate surface area is 81.7 Å². The summed E-state index contributed by atoms with van der Waals surface area (Å²) in [5.41, 5.74) is 1.74. The molecule has 0 unspecified atom stereocenters. The predicted molar refractivity (Wildman–Crippen MR) is 52.5 cm³/mol. The molecule has 1 aromatic rings. The highest BCUT2D eigenvalue weighted by atomic mass is 19.1. The van der Waals surface area contributed by atoms with Gasteiger partial charge in [-0.25, -0.2) is 9.18 Å². The molecule has 14 heavy (non-hydrogen) atoms. The van der Waals surface area contributed by atoms with Gasteiger partial charge in [-0.15, -0.1) is 0 Å². The van der Waals surface area contributed by atoms with E-state index < -0.39 is 5.97 Å². The Bertz CT molecular complexity index is 371. The van der Waals surface area contributed by atoms with Crippen LogP contribution in [-0.4, -0.2) is 11.1 Å². The fraction of sp³-hybridized carbons (Fsp3) is 0.182. The first-order chi connectivity index (χ1) is 6.50. The Balaban J connectivity index is 3.07. The van der Waals surface area contributed by atoms with Crippen molar-refractivity contribution in [2.75, 3.05) is 0 Å². The van der Waals surface area contributed by atoms with Crippen LogP contribution in [0.15, 0.2) is 18.2 Å². The van der Waals surface area contributed by atoms with E-state index in [9.17, 15) is 9.18 Å². The first kappa shape index (κ1) is 10.4. The maximum atomic E-state index is 13.2. The molecule has 0 amide bonds. The van der Waals surface area contributed by atoms with Crippen LogP contribution in [0.25, 0.3) is 6.08 Å². The zero-order valence-corrected chi connectivity index (χ0v) is 8.04. The number of carboxylic acid groups (broad SMARTS) is 1. The Morgan fingerprint density at radius 3 is 2.29 bits per heavy atom. The van der Waals surface area contributed by atoms with E-state index in [0.717, 1.165) is 6.08 Å². The maximum absolute atomic E-state index is 13.2. The highest BCUT2D eigenvalue weighted by Gasteiger charge is 2.02. The minimum absolute atomic E-state index is 0.238. The number of carboxylic acids is 1. The Morgan fingerprint density at radius 1 is 1.36 bits per heavy atom. The summed E-state index contributed by atoms with van der Waals surface area (Å²) < 4.78 is 13.2. The molecule has 1 aromatic carbocycles. The summed E-state index contributed by atoms with van der Waals surface area (Å²) >= 11 is 0. The molecule has 1 N–H and O–H groups in total. The summed E-state index contributed by atoms with van der Waals surface area (Å²) in [4.78, 5) is 10.2. The second-order valence-corrected chi connectivity index (χ2v) is 3.14. The molecule has 0 aliphatic rings. The van der Waals surface area contributed by atoms with E-state index >= 15 is 0 Å². The second kappa shape index (κ2) is 4.05. The first-order valence-corrected chi connectivity index (χ1v) is 4.18. The number of hydrogen-bond acceptors (Lipinski definition) is 1. The summed E-state index contributed by atoms with van der Waals surface area (Å²) in [6.45, 7) is 3.31. The summed E-state index contributed by atoms with van der Waals surface area (Å²) in [6, 6.07) is 3.23. The maximum Gasteiger partial charge on any atom is 0.328 e. The van der Waals surface area contributed by atoms with Gasteiger partial charge in [-0.1, -0.05) is 0 Å². The van der Waals surface area contributed by atoms with Crippen LogP contribution < -0.4 is 0 Å². The molecular formula is C11H11FO2. The Hall–Kier alpha value is -1.64. The Morgan fingerprint density at radius 2 is 1.86 bits per heavy atom.